The predicted molar refractivity (Wildman–Crippen MR) is 69.7 cm³/mol. The van der Waals surface area contributed by atoms with E-state index >= 15 is 0 Å². The number of hydrogen-bond donors (Lipinski definition) is 0. The molecule has 0 aliphatic rings. The first-order valence-corrected chi connectivity index (χ1v) is 6.62. The van der Waals surface area contributed by atoms with Crippen molar-refractivity contribution in [1.29, 1.82) is 0 Å². The van der Waals surface area contributed by atoms with Crippen molar-refractivity contribution in [1.82, 2.24) is 0 Å². The summed E-state index contributed by atoms with van der Waals surface area (Å²) < 4.78 is 5.64. The summed E-state index contributed by atoms with van der Waals surface area (Å²) >= 11 is 1.84. The Hall–Kier alpha value is -0.960. The van der Waals surface area contributed by atoms with Crippen molar-refractivity contribution >= 4 is 17.5 Å². The highest BCUT2D eigenvalue weighted by atomic mass is 32.2. The van der Waals surface area contributed by atoms with Gasteiger partial charge in [0.05, 0.1) is 12.2 Å². The minimum Gasteiger partial charge on any atom is -0.492 e. The average molecular weight is 238 g/mol. The zero-order valence-electron chi connectivity index (χ0n) is 10.1. The van der Waals surface area contributed by atoms with E-state index in [0.717, 1.165) is 17.1 Å². The lowest BCUT2D eigenvalue weighted by molar-refractivity contribution is 0.101. The summed E-state index contributed by atoms with van der Waals surface area (Å²) in [4.78, 5) is 11.4. The van der Waals surface area contributed by atoms with E-state index in [-0.39, 0.29) is 5.78 Å². The molecule has 0 fully saturated rings. The third kappa shape index (κ3) is 3.89. The zero-order valence-corrected chi connectivity index (χ0v) is 10.9. The highest BCUT2D eigenvalue weighted by Crippen LogP contribution is 2.21. The summed E-state index contributed by atoms with van der Waals surface area (Å²) in [5, 5.41) is 0. The molecule has 0 unspecified atom stereocenters. The number of Topliss-reactive ketones (excluding diaryl/α,β-unsaturated/α-hetero) is 1. The number of ketones is 1. The first-order valence-electron chi connectivity index (χ1n) is 5.47. The SMILES string of the molecule is CCSCCOc1cc(C)ccc1C(C)=O. The molecular weight excluding hydrogens is 220 g/mol. The van der Waals surface area contributed by atoms with E-state index in [0.29, 0.717) is 17.9 Å². The highest BCUT2D eigenvalue weighted by molar-refractivity contribution is 7.99. The molecule has 0 aromatic heterocycles. The van der Waals surface area contributed by atoms with Gasteiger partial charge in [0.15, 0.2) is 5.78 Å². The largest absolute Gasteiger partial charge is 0.492 e. The minimum absolute atomic E-state index is 0.0538. The predicted octanol–water partition coefficient (Wildman–Crippen LogP) is 3.33. The van der Waals surface area contributed by atoms with Gasteiger partial charge in [0.1, 0.15) is 5.75 Å². The fourth-order valence-corrected chi connectivity index (χ4v) is 1.88. The summed E-state index contributed by atoms with van der Waals surface area (Å²) in [7, 11) is 0. The number of thioether (sulfide) groups is 1. The second kappa shape index (κ2) is 6.59. The monoisotopic (exact) mass is 238 g/mol. The number of benzene rings is 1. The third-order valence-electron chi connectivity index (χ3n) is 2.21. The summed E-state index contributed by atoms with van der Waals surface area (Å²) in [6.07, 6.45) is 0. The van der Waals surface area contributed by atoms with Gasteiger partial charge >= 0.3 is 0 Å². The Kier molecular flexibility index (Phi) is 5.39. The smallest absolute Gasteiger partial charge is 0.163 e. The van der Waals surface area contributed by atoms with Crippen LogP contribution in [0.1, 0.15) is 29.8 Å². The van der Waals surface area contributed by atoms with Gasteiger partial charge in [-0.25, -0.2) is 0 Å². The van der Waals surface area contributed by atoms with Gasteiger partial charge in [-0.3, -0.25) is 4.79 Å². The van der Waals surface area contributed by atoms with Crippen molar-refractivity contribution in [2.24, 2.45) is 0 Å². The van der Waals surface area contributed by atoms with Gasteiger partial charge < -0.3 is 4.74 Å². The maximum atomic E-state index is 11.4. The van der Waals surface area contributed by atoms with E-state index in [1.54, 1.807) is 6.92 Å². The number of carbonyl (C=O) groups excluding carboxylic acids is 1. The highest BCUT2D eigenvalue weighted by Gasteiger charge is 2.08. The molecule has 0 spiro atoms. The second-order valence-corrected chi connectivity index (χ2v) is 5.00. The molecule has 0 aliphatic heterocycles. The first kappa shape index (κ1) is 13.1. The molecule has 88 valence electrons. The third-order valence-corrected chi connectivity index (χ3v) is 3.07. The average Bonchev–Trinajstić information content (AvgIpc) is 2.24. The molecule has 16 heavy (non-hydrogen) atoms. The van der Waals surface area contributed by atoms with Crippen molar-refractivity contribution in [2.75, 3.05) is 18.1 Å². The van der Waals surface area contributed by atoms with Crippen LogP contribution in [0.4, 0.5) is 0 Å². The summed E-state index contributed by atoms with van der Waals surface area (Å²) in [6.45, 7) is 6.34. The van der Waals surface area contributed by atoms with E-state index in [1.165, 1.54) is 0 Å². The topological polar surface area (TPSA) is 26.3 Å². The lowest BCUT2D eigenvalue weighted by Crippen LogP contribution is -2.05. The van der Waals surface area contributed by atoms with Crippen molar-refractivity contribution in [3.63, 3.8) is 0 Å². The van der Waals surface area contributed by atoms with Crippen LogP contribution in [0.15, 0.2) is 18.2 Å². The van der Waals surface area contributed by atoms with Crippen LogP contribution < -0.4 is 4.74 Å². The van der Waals surface area contributed by atoms with Gasteiger partial charge in [-0.1, -0.05) is 13.0 Å². The van der Waals surface area contributed by atoms with Gasteiger partial charge in [-0.05, 0) is 37.3 Å². The van der Waals surface area contributed by atoms with Gasteiger partial charge in [-0.15, -0.1) is 0 Å². The van der Waals surface area contributed by atoms with Gasteiger partial charge in [0.25, 0.3) is 0 Å². The second-order valence-electron chi connectivity index (χ2n) is 3.60. The van der Waals surface area contributed by atoms with Crippen LogP contribution in [-0.4, -0.2) is 23.9 Å². The first-order chi connectivity index (χ1) is 7.65. The van der Waals surface area contributed by atoms with E-state index in [1.807, 2.05) is 36.9 Å². The number of carbonyl (C=O) groups is 1. The van der Waals surface area contributed by atoms with E-state index < -0.39 is 0 Å². The molecule has 0 saturated heterocycles. The van der Waals surface area contributed by atoms with Crippen LogP contribution in [0.25, 0.3) is 0 Å². The minimum atomic E-state index is 0.0538. The Morgan fingerprint density at radius 1 is 1.44 bits per heavy atom. The molecule has 2 nitrogen and oxygen atoms in total. The molecule has 0 N–H and O–H groups in total. The number of ether oxygens (including phenoxy) is 1. The molecule has 0 heterocycles. The van der Waals surface area contributed by atoms with Crippen LogP contribution in [-0.2, 0) is 0 Å². The van der Waals surface area contributed by atoms with Gasteiger partial charge in [-0.2, -0.15) is 11.8 Å². The van der Waals surface area contributed by atoms with Crippen LogP contribution in [0.3, 0.4) is 0 Å². The molecule has 0 aliphatic carbocycles. The lowest BCUT2D eigenvalue weighted by Gasteiger charge is -2.10. The summed E-state index contributed by atoms with van der Waals surface area (Å²) in [5.74, 6) is 2.82. The van der Waals surface area contributed by atoms with Gasteiger partial charge in [0, 0.05) is 5.75 Å². The van der Waals surface area contributed by atoms with Crippen LogP contribution >= 0.6 is 11.8 Å². The molecule has 1 aromatic carbocycles. The molecular formula is C13H18O2S. The molecule has 0 bridgehead atoms. The maximum absolute atomic E-state index is 11.4. The number of aryl methyl sites for hydroxylation is 1. The molecule has 0 amide bonds. The van der Waals surface area contributed by atoms with Gasteiger partial charge in [0.2, 0.25) is 0 Å². The van der Waals surface area contributed by atoms with Crippen molar-refractivity contribution in [3.8, 4) is 5.75 Å². The van der Waals surface area contributed by atoms with Crippen molar-refractivity contribution < 1.29 is 9.53 Å². The summed E-state index contributed by atoms with van der Waals surface area (Å²) in [5.41, 5.74) is 1.79. The van der Waals surface area contributed by atoms with E-state index in [2.05, 4.69) is 6.92 Å². The lowest BCUT2D eigenvalue weighted by atomic mass is 10.1. The quantitative estimate of drug-likeness (QED) is 0.561. The normalized spacial score (nSPS) is 10.2. The summed E-state index contributed by atoms with van der Waals surface area (Å²) in [6, 6.07) is 5.69. The number of hydrogen-bond acceptors (Lipinski definition) is 3. The molecule has 0 radical (unpaired) electrons. The van der Waals surface area contributed by atoms with Crippen LogP contribution in [0.5, 0.6) is 5.75 Å². The Morgan fingerprint density at radius 2 is 2.19 bits per heavy atom. The molecule has 1 rings (SSSR count). The molecule has 3 heteroatoms. The Morgan fingerprint density at radius 3 is 2.81 bits per heavy atom. The Balaban J connectivity index is 2.68. The fraction of sp³-hybridized carbons (Fsp3) is 0.462. The zero-order chi connectivity index (χ0) is 12.0. The Labute approximate surface area is 101 Å². The maximum Gasteiger partial charge on any atom is 0.163 e. The van der Waals surface area contributed by atoms with Crippen molar-refractivity contribution in [3.05, 3.63) is 29.3 Å². The standard InChI is InChI=1S/C13H18O2S/c1-4-16-8-7-15-13-9-10(2)5-6-12(13)11(3)14/h5-6,9H,4,7-8H2,1-3H3. The Bertz CT molecular complexity index is 361. The number of rotatable bonds is 6. The molecule has 0 atom stereocenters. The van der Waals surface area contributed by atoms with Crippen LogP contribution in [0.2, 0.25) is 0 Å². The van der Waals surface area contributed by atoms with E-state index in [4.69, 9.17) is 4.74 Å². The van der Waals surface area contributed by atoms with Crippen LogP contribution in [0, 0.1) is 6.92 Å². The van der Waals surface area contributed by atoms with E-state index in [9.17, 15) is 4.79 Å². The molecule has 0 saturated carbocycles. The van der Waals surface area contributed by atoms with Crippen molar-refractivity contribution in [2.45, 2.75) is 20.8 Å². The fourth-order valence-electron chi connectivity index (χ4n) is 1.39. The molecule has 1 aromatic rings.